The van der Waals surface area contributed by atoms with Crippen LogP contribution >= 0.6 is 11.6 Å². The molecule has 0 saturated carbocycles. The molecule has 1 aromatic carbocycles. The van der Waals surface area contributed by atoms with Crippen LogP contribution in [0.5, 0.6) is 0 Å². The molecule has 1 aromatic heterocycles. The molecule has 0 aliphatic rings. The van der Waals surface area contributed by atoms with E-state index >= 15 is 0 Å². The Morgan fingerprint density at radius 3 is 2.61 bits per heavy atom. The zero-order chi connectivity index (χ0) is 13.3. The first-order chi connectivity index (χ1) is 8.41. The molecule has 2 rings (SSSR count). The van der Waals surface area contributed by atoms with Gasteiger partial charge in [-0.25, -0.2) is 0 Å². The van der Waals surface area contributed by atoms with Gasteiger partial charge in [0.1, 0.15) is 6.61 Å². The number of aliphatic hydroxyl groups is 1. The Morgan fingerprint density at radius 2 is 2.06 bits per heavy atom. The molecule has 0 aliphatic heterocycles. The molecule has 2 aromatic rings. The standard InChI is InChI=1S/C10H6ClF3N2O2/c11-5-1-2-6(7(3-5)10(12,13)14)9-15-8(4-17)18-16-9/h1-3,17H,4H2. The molecule has 0 unspecified atom stereocenters. The van der Waals surface area contributed by atoms with Gasteiger partial charge in [-0.1, -0.05) is 16.8 Å². The van der Waals surface area contributed by atoms with Crippen molar-refractivity contribution < 1.29 is 22.8 Å². The summed E-state index contributed by atoms with van der Waals surface area (Å²) in [6.45, 7) is -0.540. The Kier molecular flexibility index (Phi) is 3.27. The van der Waals surface area contributed by atoms with Crippen LogP contribution in [0, 0.1) is 0 Å². The number of nitrogens with zero attached hydrogens (tertiary/aromatic N) is 2. The third-order valence-electron chi connectivity index (χ3n) is 2.13. The SMILES string of the molecule is OCc1nc(-c2ccc(Cl)cc2C(F)(F)F)no1. The molecule has 1 heterocycles. The first-order valence-corrected chi connectivity index (χ1v) is 5.10. The van der Waals surface area contributed by atoms with Crippen molar-refractivity contribution in [3.8, 4) is 11.4 Å². The smallest absolute Gasteiger partial charge is 0.387 e. The van der Waals surface area contributed by atoms with Gasteiger partial charge in [-0.05, 0) is 18.2 Å². The minimum Gasteiger partial charge on any atom is -0.387 e. The van der Waals surface area contributed by atoms with Gasteiger partial charge in [0.15, 0.2) is 0 Å². The summed E-state index contributed by atoms with van der Waals surface area (Å²) in [5.74, 6) is -0.406. The average molecular weight is 279 g/mol. The van der Waals surface area contributed by atoms with E-state index in [0.717, 1.165) is 12.1 Å². The van der Waals surface area contributed by atoms with Crippen molar-refractivity contribution >= 4 is 11.6 Å². The van der Waals surface area contributed by atoms with Crippen LogP contribution < -0.4 is 0 Å². The maximum absolute atomic E-state index is 12.8. The second-order valence-electron chi connectivity index (χ2n) is 3.36. The van der Waals surface area contributed by atoms with Crippen molar-refractivity contribution in [1.29, 1.82) is 0 Å². The van der Waals surface area contributed by atoms with Gasteiger partial charge in [0.25, 0.3) is 5.89 Å². The summed E-state index contributed by atoms with van der Waals surface area (Å²) in [5, 5.41) is 12.1. The summed E-state index contributed by atoms with van der Waals surface area (Å²) in [6.07, 6.45) is -4.58. The van der Waals surface area contributed by atoms with E-state index in [9.17, 15) is 13.2 Å². The third-order valence-corrected chi connectivity index (χ3v) is 2.37. The molecule has 0 saturated heterocycles. The van der Waals surface area contributed by atoms with Crippen molar-refractivity contribution in [2.45, 2.75) is 12.8 Å². The Bertz CT molecular complexity index is 568. The molecule has 0 amide bonds. The van der Waals surface area contributed by atoms with Gasteiger partial charge in [-0.15, -0.1) is 0 Å². The first kappa shape index (κ1) is 12.8. The lowest BCUT2D eigenvalue weighted by atomic mass is 10.1. The normalized spacial score (nSPS) is 11.8. The van der Waals surface area contributed by atoms with Crippen LogP contribution in [-0.4, -0.2) is 15.2 Å². The quantitative estimate of drug-likeness (QED) is 0.917. The van der Waals surface area contributed by atoms with Crippen LogP contribution in [0.15, 0.2) is 22.7 Å². The van der Waals surface area contributed by atoms with E-state index in [-0.39, 0.29) is 22.3 Å². The molecule has 4 nitrogen and oxygen atoms in total. The highest BCUT2D eigenvalue weighted by atomic mass is 35.5. The van der Waals surface area contributed by atoms with Crippen LogP contribution in [0.3, 0.4) is 0 Å². The molecule has 0 aliphatic carbocycles. The van der Waals surface area contributed by atoms with Crippen LogP contribution in [-0.2, 0) is 12.8 Å². The minimum absolute atomic E-state index is 0.0445. The molecule has 0 atom stereocenters. The fraction of sp³-hybridized carbons (Fsp3) is 0.200. The van der Waals surface area contributed by atoms with Gasteiger partial charge < -0.3 is 9.63 Å². The van der Waals surface area contributed by atoms with Crippen molar-refractivity contribution in [1.82, 2.24) is 10.1 Å². The predicted molar refractivity (Wildman–Crippen MR) is 55.7 cm³/mol. The van der Waals surface area contributed by atoms with Crippen molar-refractivity contribution in [3.05, 3.63) is 34.7 Å². The van der Waals surface area contributed by atoms with Crippen molar-refractivity contribution in [2.24, 2.45) is 0 Å². The van der Waals surface area contributed by atoms with E-state index in [1.165, 1.54) is 6.07 Å². The minimum atomic E-state index is -4.58. The summed E-state index contributed by atoms with van der Waals surface area (Å²) in [5.41, 5.74) is -1.21. The number of rotatable bonds is 2. The summed E-state index contributed by atoms with van der Waals surface area (Å²) in [4.78, 5) is 3.63. The van der Waals surface area contributed by atoms with Gasteiger partial charge in [0, 0.05) is 10.6 Å². The average Bonchev–Trinajstić information content (AvgIpc) is 2.76. The molecule has 18 heavy (non-hydrogen) atoms. The number of halogens is 4. The highest BCUT2D eigenvalue weighted by Gasteiger charge is 2.35. The van der Waals surface area contributed by atoms with E-state index in [2.05, 4.69) is 14.7 Å². The monoisotopic (exact) mass is 278 g/mol. The van der Waals surface area contributed by atoms with Crippen LogP contribution in [0.1, 0.15) is 11.5 Å². The Hall–Kier alpha value is -1.60. The Morgan fingerprint density at radius 1 is 1.33 bits per heavy atom. The number of alkyl halides is 3. The van der Waals surface area contributed by atoms with Crippen molar-refractivity contribution in [2.75, 3.05) is 0 Å². The zero-order valence-electron chi connectivity index (χ0n) is 8.70. The fourth-order valence-electron chi connectivity index (χ4n) is 1.37. The van der Waals surface area contributed by atoms with Crippen molar-refractivity contribution in [3.63, 3.8) is 0 Å². The fourth-order valence-corrected chi connectivity index (χ4v) is 1.55. The topological polar surface area (TPSA) is 59.2 Å². The summed E-state index contributed by atoms with van der Waals surface area (Å²) in [6, 6.07) is 3.23. The van der Waals surface area contributed by atoms with E-state index in [0.29, 0.717) is 0 Å². The maximum Gasteiger partial charge on any atom is 0.417 e. The Balaban J connectivity index is 2.56. The van der Waals surface area contributed by atoms with Gasteiger partial charge in [-0.2, -0.15) is 18.2 Å². The number of aliphatic hydroxyl groups excluding tert-OH is 1. The summed E-state index contributed by atoms with van der Waals surface area (Å²) in [7, 11) is 0. The number of aromatic nitrogens is 2. The Labute approximate surface area is 104 Å². The molecule has 8 heteroatoms. The highest BCUT2D eigenvalue weighted by Crippen LogP contribution is 2.37. The lowest BCUT2D eigenvalue weighted by Crippen LogP contribution is -2.07. The van der Waals surface area contributed by atoms with E-state index in [1.54, 1.807) is 0 Å². The largest absolute Gasteiger partial charge is 0.417 e. The molecule has 96 valence electrons. The maximum atomic E-state index is 12.8. The molecule has 0 spiro atoms. The molecular formula is C10H6ClF3N2O2. The van der Waals surface area contributed by atoms with E-state index in [1.807, 2.05) is 0 Å². The number of hydrogen-bond donors (Lipinski definition) is 1. The van der Waals surface area contributed by atoms with Gasteiger partial charge in [-0.3, -0.25) is 0 Å². The highest BCUT2D eigenvalue weighted by molar-refractivity contribution is 6.30. The molecule has 1 N–H and O–H groups in total. The lowest BCUT2D eigenvalue weighted by molar-refractivity contribution is -0.137. The molecular weight excluding hydrogens is 273 g/mol. The van der Waals surface area contributed by atoms with Crippen LogP contribution in [0.4, 0.5) is 13.2 Å². The van der Waals surface area contributed by atoms with E-state index < -0.39 is 18.3 Å². The predicted octanol–water partition coefficient (Wildman–Crippen LogP) is 2.90. The van der Waals surface area contributed by atoms with Crippen LogP contribution in [0.25, 0.3) is 11.4 Å². The second-order valence-corrected chi connectivity index (χ2v) is 3.79. The second kappa shape index (κ2) is 4.58. The number of benzene rings is 1. The van der Waals surface area contributed by atoms with Gasteiger partial charge in [0.05, 0.1) is 5.56 Å². The number of hydrogen-bond acceptors (Lipinski definition) is 4. The lowest BCUT2D eigenvalue weighted by Gasteiger charge is -2.10. The summed E-state index contributed by atoms with van der Waals surface area (Å²) >= 11 is 5.54. The summed E-state index contributed by atoms with van der Waals surface area (Å²) < 4.78 is 43.0. The first-order valence-electron chi connectivity index (χ1n) is 4.72. The van der Waals surface area contributed by atoms with E-state index in [4.69, 9.17) is 16.7 Å². The molecule has 0 fully saturated rings. The molecule has 0 bridgehead atoms. The van der Waals surface area contributed by atoms with Gasteiger partial charge >= 0.3 is 6.18 Å². The zero-order valence-corrected chi connectivity index (χ0v) is 9.46. The van der Waals surface area contributed by atoms with Gasteiger partial charge in [0.2, 0.25) is 5.82 Å². The third kappa shape index (κ3) is 2.46. The molecule has 0 radical (unpaired) electrons. The van der Waals surface area contributed by atoms with Crippen LogP contribution in [0.2, 0.25) is 5.02 Å².